The van der Waals surface area contributed by atoms with E-state index >= 15 is 0 Å². The lowest BCUT2D eigenvalue weighted by Crippen LogP contribution is -2.29. The molecule has 0 aliphatic carbocycles. The van der Waals surface area contributed by atoms with Gasteiger partial charge in [-0.2, -0.15) is 20.3 Å². The number of nitrogens with zero attached hydrogens (tertiary/aromatic N) is 4. The summed E-state index contributed by atoms with van der Waals surface area (Å²) in [5.41, 5.74) is 1.76. The number of carbonyl (C=O) groups is 1. The van der Waals surface area contributed by atoms with Crippen LogP contribution in [0, 0.1) is 0 Å². The van der Waals surface area contributed by atoms with Gasteiger partial charge in [-0.25, -0.2) is 8.42 Å². The molecule has 26 heavy (non-hydrogen) atoms. The predicted molar refractivity (Wildman–Crippen MR) is 100 cm³/mol. The summed E-state index contributed by atoms with van der Waals surface area (Å²) in [5.74, 6) is -0.314. The van der Waals surface area contributed by atoms with Crippen molar-refractivity contribution in [1.82, 2.24) is 0 Å². The van der Waals surface area contributed by atoms with Crippen LogP contribution in [0.3, 0.4) is 0 Å². The third kappa shape index (κ3) is 3.94. The number of rotatable bonds is 5. The van der Waals surface area contributed by atoms with Crippen LogP contribution in [0.2, 0.25) is 0 Å². The molecule has 3 rings (SSSR count). The summed E-state index contributed by atoms with van der Waals surface area (Å²) in [6, 6.07) is 14.8. The van der Waals surface area contributed by atoms with Crippen molar-refractivity contribution < 1.29 is 13.2 Å². The summed E-state index contributed by atoms with van der Waals surface area (Å²) in [6.45, 7) is 1.70. The molecule has 0 fully saturated rings. The van der Waals surface area contributed by atoms with Crippen LogP contribution in [0.4, 0.5) is 17.1 Å². The summed E-state index contributed by atoms with van der Waals surface area (Å²) < 4.78 is 25.3. The molecule has 0 bridgehead atoms. The third-order valence-corrected chi connectivity index (χ3v) is 4.17. The first-order chi connectivity index (χ1) is 12.3. The minimum atomic E-state index is -3.45. The molecule has 1 atom stereocenters. The average molecular weight is 371 g/mol. The van der Waals surface area contributed by atoms with E-state index in [2.05, 4.69) is 20.1 Å². The molecule has 0 radical (unpaired) electrons. The Kier molecular flexibility index (Phi) is 4.81. The molecule has 1 aliphatic heterocycles. The van der Waals surface area contributed by atoms with E-state index in [1.54, 1.807) is 43.3 Å². The van der Waals surface area contributed by atoms with E-state index in [0.717, 1.165) is 6.26 Å². The third-order valence-electron chi connectivity index (χ3n) is 3.58. The number of carbonyl (C=O) groups excluding carboxylic acids is 1. The predicted octanol–water partition coefficient (Wildman–Crippen LogP) is 2.93. The van der Waals surface area contributed by atoms with Crippen molar-refractivity contribution in [1.29, 1.82) is 0 Å². The average Bonchev–Trinajstić information content (AvgIpc) is 2.88. The second kappa shape index (κ2) is 7.04. The number of hydrogen-bond donors (Lipinski definition) is 1. The van der Waals surface area contributed by atoms with Crippen LogP contribution < -0.4 is 9.73 Å². The molecular formula is C17H17N5O3S. The molecule has 0 aromatic heterocycles. The molecule has 9 heteroatoms. The van der Waals surface area contributed by atoms with Gasteiger partial charge < -0.3 is 0 Å². The van der Waals surface area contributed by atoms with Crippen molar-refractivity contribution in [3.05, 3.63) is 54.6 Å². The van der Waals surface area contributed by atoms with E-state index in [1.165, 1.54) is 5.01 Å². The van der Waals surface area contributed by atoms with Crippen molar-refractivity contribution in [2.24, 2.45) is 15.3 Å². The summed E-state index contributed by atoms with van der Waals surface area (Å²) in [6.07, 6.45) is 1.05. The largest absolute Gasteiger partial charge is 0.282 e. The lowest BCUT2D eigenvalue weighted by atomic mass is 10.2. The Morgan fingerprint density at radius 1 is 1.08 bits per heavy atom. The van der Waals surface area contributed by atoms with Crippen molar-refractivity contribution >= 4 is 38.7 Å². The topological polar surface area (TPSA) is 104 Å². The Morgan fingerprint density at radius 2 is 1.73 bits per heavy atom. The molecule has 8 nitrogen and oxygen atoms in total. The fraction of sp³-hybridized carbons (Fsp3) is 0.176. The summed E-state index contributed by atoms with van der Waals surface area (Å²) in [7, 11) is -3.45. The summed E-state index contributed by atoms with van der Waals surface area (Å²) >= 11 is 0. The molecule has 0 spiro atoms. The molecule has 1 heterocycles. The van der Waals surface area contributed by atoms with Crippen LogP contribution in [0.5, 0.6) is 0 Å². The highest BCUT2D eigenvalue weighted by Crippen LogP contribution is 2.27. The van der Waals surface area contributed by atoms with E-state index in [-0.39, 0.29) is 5.91 Å². The van der Waals surface area contributed by atoms with Gasteiger partial charge in [0, 0.05) is 0 Å². The second-order valence-electron chi connectivity index (χ2n) is 5.74. The lowest BCUT2D eigenvalue weighted by Gasteiger charge is -2.12. The van der Waals surface area contributed by atoms with Crippen molar-refractivity contribution in [2.75, 3.05) is 16.0 Å². The SMILES string of the molecule is CC1=NN(c2ccccc2)C(=O)C1N=Nc1ccccc1NS(C)(=O)=O. The molecule has 1 unspecified atom stereocenters. The molecule has 1 amide bonds. The molecule has 134 valence electrons. The first-order valence-electron chi connectivity index (χ1n) is 7.77. The smallest absolute Gasteiger partial charge is 0.280 e. The normalized spacial score (nSPS) is 17.6. The van der Waals surface area contributed by atoms with E-state index in [9.17, 15) is 13.2 Å². The maximum atomic E-state index is 12.6. The fourth-order valence-electron chi connectivity index (χ4n) is 2.41. The van der Waals surface area contributed by atoms with Gasteiger partial charge in [0.05, 0.1) is 23.3 Å². The molecule has 2 aromatic rings. The number of anilines is 2. The Labute approximate surface area is 151 Å². The minimum Gasteiger partial charge on any atom is -0.282 e. The van der Waals surface area contributed by atoms with Crippen LogP contribution in [-0.2, 0) is 14.8 Å². The maximum Gasteiger partial charge on any atom is 0.280 e. The van der Waals surface area contributed by atoms with Crippen molar-refractivity contribution in [2.45, 2.75) is 13.0 Å². The van der Waals surface area contributed by atoms with Gasteiger partial charge >= 0.3 is 0 Å². The molecule has 1 N–H and O–H groups in total. The molecular weight excluding hydrogens is 354 g/mol. The van der Waals surface area contributed by atoms with E-state index < -0.39 is 16.1 Å². The van der Waals surface area contributed by atoms with Crippen molar-refractivity contribution in [3.63, 3.8) is 0 Å². The lowest BCUT2D eigenvalue weighted by molar-refractivity contribution is -0.117. The van der Waals surface area contributed by atoms with Gasteiger partial charge in [-0.1, -0.05) is 30.3 Å². The van der Waals surface area contributed by atoms with E-state index in [4.69, 9.17) is 0 Å². The van der Waals surface area contributed by atoms with Gasteiger partial charge in [0.15, 0.2) is 6.04 Å². The quantitative estimate of drug-likeness (QED) is 0.817. The number of para-hydroxylation sites is 2. The number of nitrogens with one attached hydrogen (secondary N) is 1. The van der Waals surface area contributed by atoms with Crippen LogP contribution >= 0.6 is 0 Å². The zero-order valence-electron chi connectivity index (χ0n) is 14.2. The van der Waals surface area contributed by atoms with Gasteiger partial charge in [-0.05, 0) is 31.2 Å². The zero-order chi connectivity index (χ0) is 18.7. The van der Waals surface area contributed by atoms with Crippen LogP contribution in [0.15, 0.2) is 69.9 Å². The van der Waals surface area contributed by atoms with Gasteiger partial charge in [0.2, 0.25) is 10.0 Å². The molecule has 2 aromatic carbocycles. The summed E-state index contributed by atoms with van der Waals surface area (Å²) in [5, 5.41) is 13.7. The Balaban J connectivity index is 1.84. The Hall–Kier alpha value is -3.07. The first kappa shape index (κ1) is 17.7. The van der Waals surface area contributed by atoms with E-state index in [0.29, 0.717) is 22.8 Å². The standard InChI is InChI=1S/C17H17N5O3S/c1-12-16(17(23)22(20-12)13-8-4-3-5-9-13)19-18-14-10-6-7-11-15(14)21-26(2,24)25/h3-11,16,21H,1-2H3. The fourth-order valence-corrected chi connectivity index (χ4v) is 2.98. The molecule has 1 aliphatic rings. The molecule has 0 saturated carbocycles. The first-order valence-corrected chi connectivity index (χ1v) is 9.66. The highest BCUT2D eigenvalue weighted by Gasteiger charge is 2.34. The highest BCUT2D eigenvalue weighted by molar-refractivity contribution is 7.92. The number of azo groups is 1. The number of hydrazone groups is 1. The number of benzene rings is 2. The highest BCUT2D eigenvalue weighted by atomic mass is 32.2. The van der Waals surface area contributed by atoms with Crippen LogP contribution in [0.25, 0.3) is 0 Å². The maximum absolute atomic E-state index is 12.6. The zero-order valence-corrected chi connectivity index (χ0v) is 15.0. The number of amides is 1. The van der Waals surface area contributed by atoms with Crippen LogP contribution in [0.1, 0.15) is 6.92 Å². The monoisotopic (exact) mass is 371 g/mol. The Bertz CT molecular complexity index is 986. The summed E-state index contributed by atoms with van der Waals surface area (Å²) in [4.78, 5) is 12.6. The van der Waals surface area contributed by atoms with E-state index in [1.807, 2.05) is 18.2 Å². The van der Waals surface area contributed by atoms with Crippen molar-refractivity contribution in [3.8, 4) is 0 Å². The van der Waals surface area contributed by atoms with Gasteiger partial charge in [-0.15, -0.1) is 0 Å². The minimum absolute atomic E-state index is 0.290. The number of sulfonamides is 1. The Morgan fingerprint density at radius 3 is 2.42 bits per heavy atom. The second-order valence-corrected chi connectivity index (χ2v) is 7.48. The molecule has 0 saturated heterocycles. The van der Waals surface area contributed by atoms with Gasteiger partial charge in [0.1, 0.15) is 5.69 Å². The number of hydrogen-bond acceptors (Lipinski definition) is 6. The van der Waals surface area contributed by atoms with Gasteiger partial charge in [0.25, 0.3) is 5.91 Å². The van der Waals surface area contributed by atoms with Crippen LogP contribution in [-0.4, -0.2) is 32.3 Å². The van der Waals surface area contributed by atoms with Gasteiger partial charge in [-0.3, -0.25) is 9.52 Å².